The fraction of sp³-hybridized carbons (Fsp3) is 0.818. The van der Waals surface area contributed by atoms with Crippen LogP contribution in [0.15, 0.2) is 0 Å². The molecule has 1 fully saturated rings. The van der Waals surface area contributed by atoms with Crippen molar-refractivity contribution in [3.8, 4) is 0 Å². The largest absolute Gasteiger partial charge is 0.480 e. The van der Waals surface area contributed by atoms with Crippen LogP contribution in [-0.2, 0) is 9.59 Å². The second-order valence-corrected chi connectivity index (χ2v) is 4.83. The van der Waals surface area contributed by atoms with Crippen molar-refractivity contribution >= 4 is 11.9 Å². The number of carbonyl (C=O) groups excluding carboxylic acids is 1. The Hall–Kier alpha value is -1.06. The summed E-state index contributed by atoms with van der Waals surface area (Å²) in [6, 6.07) is 0. The molecule has 0 aliphatic heterocycles. The highest BCUT2D eigenvalue weighted by Crippen LogP contribution is 2.40. The zero-order valence-corrected chi connectivity index (χ0v) is 9.32. The van der Waals surface area contributed by atoms with Gasteiger partial charge in [0.1, 0.15) is 5.41 Å². The van der Waals surface area contributed by atoms with Gasteiger partial charge in [-0.15, -0.1) is 0 Å². The van der Waals surface area contributed by atoms with Gasteiger partial charge in [-0.2, -0.15) is 0 Å². The number of hydrogen-bond donors (Lipinski definition) is 2. The Labute approximate surface area is 89.8 Å². The maximum Gasteiger partial charge on any atom is 0.319 e. The molecule has 0 aromatic heterocycles. The van der Waals surface area contributed by atoms with Gasteiger partial charge in [0.15, 0.2) is 0 Å². The first-order valence-electron chi connectivity index (χ1n) is 5.42. The molecule has 1 aliphatic carbocycles. The van der Waals surface area contributed by atoms with E-state index in [1.807, 2.05) is 0 Å². The average molecular weight is 213 g/mol. The van der Waals surface area contributed by atoms with E-state index in [2.05, 4.69) is 6.92 Å². The molecule has 4 nitrogen and oxygen atoms in total. The van der Waals surface area contributed by atoms with Gasteiger partial charge in [-0.1, -0.05) is 19.8 Å². The van der Waals surface area contributed by atoms with Crippen molar-refractivity contribution in [2.24, 2.45) is 23.0 Å². The molecule has 1 aliphatic rings. The monoisotopic (exact) mass is 213 g/mol. The minimum Gasteiger partial charge on any atom is -0.480 e. The average Bonchev–Trinajstić information content (AvgIpc) is 2.17. The zero-order valence-electron chi connectivity index (χ0n) is 9.32. The van der Waals surface area contributed by atoms with E-state index in [0.29, 0.717) is 5.92 Å². The van der Waals surface area contributed by atoms with Gasteiger partial charge in [0.25, 0.3) is 0 Å². The molecule has 0 radical (unpaired) electrons. The Morgan fingerprint density at radius 3 is 2.07 bits per heavy atom. The summed E-state index contributed by atoms with van der Waals surface area (Å²) < 4.78 is 0. The van der Waals surface area contributed by atoms with Crippen LogP contribution in [-0.4, -0.2) is 17.0 Å². The van der Waals surface area contributed by atoms with Crippen LogP contribution in [0, 0.1) is 17.3 Å². The molecule has 0 aromatic rings. The van der Waals surface area contributed by atoms with E-state index in [1.165, 1.54) is 6.92 Å². The SMILES string of the molecule is CC1CCC(C(C)(C(N)=O)C(=O)O)CC1. The van der Waals surface area contributed by atoms with E-state index >= 15 is 0 Å². The number of hydrogen-bond acceptors (Lipinski definition) is 2. The predicted molar refractivity (Wildman–Crippen MR) is 56.1 cm³/mol. The van der Waals surface area contributed by atoms with Gasteiger partial charge in [-0.05, 0) is 31.6 Å². The van der Waals surface area contributed by atoms with E-state index in [9.17, 15) is 9.59 Å². The predicted octanol–water partition coefficient (Wildman–Crippen LogP) is 1.39. The normalized spacial score (nSPS) is 30.5. The molecule has 1 atom stereocenters. The number of aliphatic carboxylic acids is 1. The van der Waals surface area contributed by atoms with Gasteiger partial charge in [0, 0.05) is 0 Å². The molecule has 0 bridgehead atoms. The van der Waals surface area contributed by atoms with E-state index in [1.54, 1.807) is 0 Å². The standard InChI is InChI=1S/C11H19NO3/c1-7-3-5-8(6-4-7)11(2,9(12)13)10(14)15/h7-8H,3-6H2,1-2H3,(H2,12,13)(H,14,15). The Kier molecular flexibility index (Phi) is 3.37. The van der Waals surface area contributed by atoms with Gasteiger partial charge in [-0.25, -0.2) is 0 Å². The van der Waals surface area contributed by atoms with Crippen LogP contribution in [0.1, 0.15) is 39.5 Å². The third-order valence-electron chi connectivity index (χ3n) is 3.79. The first-order chi connectivity index (χ1) is 6.89. The fourth-order valence-electron chi connectivity index (χ4n) is 2.32. The highest BCUT2D eigenvalue weighted by molar-refractivity contribution is 6.01. The van der Waals surface area contributed by atoms with Crippen molar-refractivity contribution in [1.82, 2.24) is 0 Å². The van der Waals surface area contributed by atoms with Crippen LogP contribution in [0.4, 0.5) is 0 Å². The summed E-state index contributed by atoms with van der Waals surface area (Å²) in [4.78, 5) is 22.4. The smallest absolute Gasteiger partial charge is 0.319 e. The maximum atomic E-state index is 11.3. The molecule has 4 heteroatoms. The van der Waals surface area contributed by atoms with Crippen molar-refractivity contribution in [1.29, 1.82) is 0 Å². The molecule has 0 aromatic carbocycles. The summed E-state index contributed by atoms with van der Waals surface area (Å²) in [5.74, 6) is -1.28. The van der Waals surface area contributed by atoms with Gasteiger partial charge in [-0.3, -0.25) is 9.59 Å². The van der Waals surface area contributed by atoms with Gasteiger partial charge in [0.05, 0.1) is 0 Å². The molecule has 3 N–H and O–H groups in total. The fourth-order valence-corrected chi connectivity index (χ4v) is 2.32. The molecule has 1 amide bonds. The summed E-state index contributed by atoms with van der Waals surface area (Å²) in [6.45, 7) is 3.61. The van der Waals surface area contributed by atoms with Crippen LogP contribution in [0.25, 0.3) is 0 Å². The Balaban J connectivity index is 2.82. The van der Waals surface area contributed by atoms with E-state index in [4.69, 9.17) is 10.8 Å². The lowest BCUT2D eigenvalue weighted by atomic mass is 9.67. The summed E-state index contributed by atoms with van der Waals surface area (Å²) in [5, 5.41) is 9.12. The minimum atomic E-state index is -1.39. The number of rotatable bonds is 3. The quantitative estimate of drug-likeness (QED) is 0.695. The molecule has 0 heterocycles. The van der Waals surface area contributed by atoms with Crippen LogP contribution in [0.2, 0.25) is 0 Å². The van der Waals surface area contributed by atoms with Crippen molar-refractivity contribution in [2.75, 3.05) is 0 Å². The number of carbonyl (C=O) groups is 2. The topological polar surface area (TPSA) is 80.4 Å². The van der Waals surface area contributed by atoms with Crippen molar-refractivity contribution in [3.05, 3.63) is 0 Å². The van der Waals surface area contributed by atoms with Crippen molar-refractivity contribution in [2.45, 2.75) is 39.5 Å². The lowest BCUT2D eigenvalue weighted by Gasteiger charge is -2.35. The summed E-state index contributed by atoms with van der Waals surface area (Å²) >= 11 is 0. The lowest BCUT2D eigenvalue weighted by molar-refractivity contribution is -0.158. The lowest BCUT2D eigenvalue weighted by Crippen LogP contribution is -2.48. The van der Waals surface area contributed by atoms with Crippen molar-refractivity contribution < 1.29 is 14.7 Å². The summed E-state index contributed by atoms with van der Waals surface area (Å²) in [7, 11) is 0. The van der Waals surface area contributed by atoms with E-state index in [0.717, 1.165) is 25.7 Å². The second-order valence-electron chi connectivity index (χ2n) is 4.83. The summed E-state index contributed by atoms with van der Waals surface area (Å²) in [6.07, 6.45) is 3.54. The molecular weight excluding hydrogens is 194 g/mol. The van der Waals surface area contributed by atoms with E-state index in [-0.39, 0.29) is 5.92 Å². The Bertz CT molecular complexity index is 253. The highest BCUT2D eigenvalue weighted by Gasteiger charge is 2.47. The number of amides is 1. The van der Waals surface area contributed by atoms with Gasteiger partial charge in [0.2, 0.25) is 5.91 Å². The Morgan fingerprint density at radius 1 is 1.27 bits per heavy atom. The van der Waals surface area contributed by atoms with Crippen LogP contribution in [0.5, 0.6) is 0 Å². The highest BCUT2D eigenvalue weighted by atomic mass is 16.4. The number of primary amides is 1. The minimum absolute atomic E-state index is 0.108. The molecule has 0 spiro atoms. The van der Waals surface area contributed by atoms with Crippen LogP contribution in [0.3, 0.4) is 0 Å². The molecule has 0 saturated heterocycles. The van der Waals surface area contributed by atoms with Crippen LogP contribution >= 0.6 is 0 Å². The Morgan fingerprint density at radius 2 is 1.73 bits per heavy atom. The third-order valence-corrected chi connectivity index (χ3v) is 3.79. The van der Waals surface area contributed by atoms with Crippen molar-refractivity contribution in [3.63, 3.8) is 0 Å². The molecule has 15 heavy (non-hydrogen) atoms. The summed E-state index contributed by atoms with van der Waals surface area (Å²) in [5.41, 5.74) is 3.83. The second kappa shape index (κ2) is 4.21. The van der Waals surface area contributed by atoms with Gasteiger partial charge >= 0.3 is 5.97 Å². The molecule has 86 valence electrons. The number of carboxylic acid groups (broad SMARTS) is 1. The van der Waals surface area contributed by atoms with E-state index < -0.39 is 17.3 Å². The molecule has 1 unspecified atom stereocenters. The third kappa shape index (κ3) is 2.13. The van der Waals surface area contributed by atoms with Gasteiger partial charge < -0.3 is 10.8 Å². The maximum absolute atomic E-state index is 11.3. The molecule has 1 saturated carbocycles. The zero-order chi connectivity index (χ0) is 11.6. The number of carboxylic acids is 1. The van der Waals surface area contributed by atoms with Crippen LogP contribution < -0.4 is 5.73 Å². The molecule has 1 rings (SSSR count). The first kappa shape index (κ1) is 12.0. The molecular formula is C11H19NO3. The number of nitrogens with two attached hydrogens (primary N) is 1. The first-order valence-corrected chi connectivity index (χ1v) is 5.42.